The van der Waals surface area contributed by atoms with Gasteiger partial charge in [-0.05, 0) is 17.7 Å². The Labute approximate surface area is 132 Å². The number of carboxylic acids is 1. The second kappa shape index (κ2) is 9.34. The summed E-state index contributed by atoms with van der Waals surface area (Å²) in [5.41, 5.74) is 0.100. The predicted molar refractivity (Wildman–Crippen MR) is 77.2 cm³/mol. The van der Waals surface area contributed by atoms with Crippen molar-refractivity contribution < 1.29 is 28.6 Å². The number of nitrogens with one attached hydrogen (secondary N) is 1. The summed E-state index contributed by atoms with van der Waals surface area (Å²) in [6, 6.07) is 2.22. The van der Waals surface area contributed by atoms with Crippen molar-refractivity contribution in [3.05, 3.63) is 34.6 Å². The van der Waals surface area contributed by atoms with E-state index in [0.29, 0.717) is 13.2 Å². The van der Waals surface area contributed by atoms with Crippen molar-refractivity contribution in [3.8, 4) is 0 Å². The molecule has 0 fully saturated rings. The van der Waals surface area contributed by atoms with Crippen molar-refractivity contribution in [2.75, 3.05) is 26.9 Å². The molecule has 0 bridgehead atoms. The largest absolute Gasteiger partial charge is 0.479 e. The van der Waals surface area contributed by atoms with Gasteiger partial charge in [-0.25, -0.2) is 9.18 Å². The monoisotopic (exact) mass is 333 g/mol. The Kier molecular flexibility index (Phi) is 7.79. The third-order valence-corrected chi connectivity index (χ3v) is 3.04. The van der Waals surface area contributed by atoms with Crippen LogP contribution in [0.3, 0.4) is 0 Å². The number of carbonyl (C=O) groups is 2. The summed E-state index contributed by atoms with van der Waals surface area (Å²) in [7, 11) is 1.53. The van der Waals surface area contributed by atoms with E-state index in [1.54, 1.807) is 0 Å². The molecule has 1 amide bonds. The van der Waals surface area contributed by atoms with E-state index >= 15 is 0 Å². The number of hydrogen-bond acceptors (Lipinski definition) is 4. The number of carbonyl (C=O) groups excluding carboxylic acids is 1. The third kappa shape index (κ3) is 5.97. The highest BCUT2D eigenvalue weighted by molar-refractivity contribution is 6.30. The molecular formula is C14H17ClFNO5. The zero-order valence-corrected chi connectivity index (χ0v) is 12.7. The molecule has 22 heavy (non-hydrogen) atoms. The number of methoxy groups -OCH3 is 1. The summed E-state index contributed by atoms with van der Waals surface area (Å²) in [6.45, 7) is 0.883. The molecule has 122 valence electrons. The van der Waals surface area contributed by atoms with Gasteiger partial charge in [0.25, 0.3) is 0 Å². The number of rotatable bonds is 9. The van der Waals surface area contributed by atoms with Crippen LogP contribution in [0.4, 0.5) is 4.39 Å². The molecule has 1 rings (SSSR count). The second-order valence-corrected chi connectivity index (χ2v) is 4.77. The third-order valence-electron chi connectivity index (χ3n) is 2.73. The van der Waals surface area contributed by atoms with E-state index in [4.69, 9.17) is 26.2 Å². The summed E-state index contributed by atoms with van der Waals surface area (Å²) < 4.78 is 23.3. The topological polar surface area (TPSA) is 84.9 Å². The van der Waals surface area contributed by atoms with E-state index in [1.165, 1.54) is 19.2 Å². The van der Waals surface area contributed by atoms with Gasteiger partial charge >= 0.3 is 5.97 Å². The molecule has 6 nitrogen and oxygen atoms in total. The highest BCUT2D eigenvalue weighted by Crippen LogP contribution is 2.20. The zero-order valence-electron chi connectivity index (χ0n) is 12.0. The summed E-state index contributed by atoms with van der Waals surface area (Å²) in [5.74, 6) is -2.56. The van der Waals surface area contributed by atoms with Crippen LogP contribution in [0, 0.1) is 5.82 Å². The summed E-state index contributed by atoms with van der Waals surface area (Å²) in [5, 5.41) is 11.4. The Balaban J connectivity index is 2.59. The van der Waals surface area contributed by atoms with Gasteiger partial charge < -0.3 is 19.9 Å². The average Bonchev–Trinajstić information content (AvgIpc) is 2.47. The lowest BCUT2D eigenvalue weighted by atomic mass is 10.1. The van der Waals surface area contributed by atoms with Gasteiger partial charge in [-0.2, -0.15) is 0 Å². The Hall–Kier alpha value is -1.70. The molecule has 0 aliphatic heterocycles. The Bertz CT molecular complexity index is 526. The van der Waals surface area contributed by atoms with Crippen molar-refractivity contribution in [2.24, 2.45) is 0 Å². The van der Waals surface area contributed by atoms with Crippen LogP contribution < -0.4 is 5.32 Å². The maximum absolute atomic E-state index is 13.4. The highest BCUT2D eigenvalue weighted by atomic mass is 35.5. The Morgan fingerprint density at radius 3 is 2.68 bits per heavy atom. The molecule has 1 unspecified atom stereocenters. The van der Waals surface area contributed by atoms with Crippen LogP contribution in [0.25, 0.3) is 0 Å². The summed E-state index contributed by atoms with van der Waals surface area (Å²) >= 11 is 5.54. The van der Waals surface area contributed by atoms with Gasteiger partial charge in [0.05, 0.1) is 24.8 Å². The van der Waals surface area contributed by atoms with Crippen molar-refractivity contribution in [1.82, 2.24) is 5.32 Å². The molecule has 0 saturated heterocycles. The minimum atomic E-state index is -1.35. The van der Waals surface area contributed by atoms with E-state index in [-0.39, 0.29) is 23.6 Å². The molecule has 1 aromatic rings. The van der Waals surface area contributed by atoms with E-state index < -0.39 is 23.7 Å². The second-order valence-electron chi connectivity index (χ2n) is 4.37. The number of hydrogen-bond donors (Lipinski definition) is 2. The Morgan fingerprint density at radius 1 is 1.36 bits per heavy atom. The van der Waals surface area contributed by atoms with E-state index in [1.807, 2.05) is 0 Å². The smallest absolute Gasteiger partial charge is 0.330 e. The first-order valence-corrected chi connectivity index (χ1v) is 6.87. The van der Waals surface area contributed by atoms with Crippen LogP contribution >= 0.6 is 11.6 Å². The summed E-state index contributed by atoms with van der Waals surface area (Å²) in [6.07, 6.45) is -0.0104. The maximum Gasteiger partial charge on any atom is 0.330 e. The van der Waals surface area contributed by atoms with Gasteiger partial charge in [-0.3, -0.25) is 4.79 Å². The van der Waals surface area contributed by atoms with Crippen LogP contribution in [-0.2, 0) is 19.1 Å². The predicted octanol–water partition coefficient (Wildman–Crippen LogP) is 1.77. The number of amides is 1. The van der Waals surface area contributed by atoms with Gasteiger partial charge in [-0.15, -0.1) is 0 Å². The SMILES string of the molecule is COCCOCCC(=O)NC(C(=O)O)c1ccc(Cl)c(F)c1. The van der Waals surface area contributed by atoms with Crippen LogP contribution in [0.2, 0.25) is 5.02 Å². The number of benzene rings is 1. The van der Waals surface area contributed by atoms with Crippen LogP contribution in [-0.4, -0.2) is 43.9 Å². The molecule has 0 heterocycles. The van der Waals surface area contributed by atoms with Crippen molar-refractivity contribution in [1.29, 1.82) is 0 Å². The lowest BCUT2D eigenvalue weighted by Crippen LogP contribution is -2.34. The fraction of sp³-hybridized carbons (Fsp3) is 0.429. The van der Waals surface area contributed by atoms with Crippen molar-refractivity contribution >= 4 is 23.5 Å². The molecule has 0 aliphatic rings. The van der Waals surface area contributed by atoms with Crippen LogP contribution in [0.1, 0.15) is 18.0 Å². The lowest BCUT2D eigenvalue weighted by molar-refractivity contribution is -0.142. The van der Waals surface area contributed by atoms with Gasteiger partial charge in [-0.1, -0.05) is 17.7 Å². The van der Waals surface area contributed by atoms with E-state index in [9.17, 15) is 14.0 Å². The average molecular weight is 334 g/mol. The molecule has 0 aromatic heterocycles. The first kappa shape index (κ1) is 18.3. The number of aliphatic carboxylic acids is 1. The quantitative estimate of drug-likeness (QED) is 0.673. The van der Waals surface area contributed by atoms with E-state index in [0.717, 1.165) is 6.07 Å². The zero-order chi connectivity index (χ0) is 16.5. The number of halogens is 2. The fourth-order valence-corrected chi connectivity index (χ4v) is 1.74. The molecule has 0 radical (unpaired) electrons. The first-order valence-electron chi connectivity index (χ1n) is 6.49. The highest BCUT2D eigenvalue weighted by Gasteiger charge is 2.22. The Morgan fingerprint density at radius 2 is 2.09 bits per heavy atom. The molecular weight excluding hydrogens is 317 g/mol. The molecule has 8 heteroatoms. The minimum Gasteiger partial charge on any atom is -0.479 e. The van der Waals surface area contributed by atoms with Gasteiger partial charge in [0.1, 0.15) is 5.82 Å². The van der Waals surface area contributed by atoms with Crippen molar-refractivity contribution in [3.63, 3.8) is 0 Å². The van der Waals surface area contributed by atoms with Gasteiger partial charge in [0, 0.05) is 13.5 Å². The molecule has 1 atom stereocenters. The molecule has 1 aromatic carbocycles. The fourth-order valence-electron chi connectivity index (χ4n) is 1.62. The maximum atomic E-state index is 13.4. The molecule has 0 spiro atoms. The normalized spacial score (nSPS) is 12.0. The van der Waals surface area contributed by atoms with Gasteiger partial charge in [0.15, 0.2) is 6.04 Å². The molecule has 2 N–H and O–H groups in total. The molecule has 0 saturated carbocycles. The van der Waals surface area contributed by atoms with Crippen LogP contribution in [0.15, 0.2) is 18.2 Å². The molecule has 0 aliphatic carbocycles. The standard InChI is InChI=1S/C14H17ClFNO5/c1-21-6-7-22-5-4-12(18)17-13(14(19)20)9-2-3-10(15)11(16)8-9/h2-3,8,13H,4-7H2,1H3,(H,17,18)(H,19,20). The minimum absolute atomic E-state index is 0.0104. The van der Waals surface area contributed by atoms with Crippen molar-refractivity contribution in [2.45, 2.75) is 12.5 Å². The van der Waals surface area contributed by atoms with Crippen LogP contribution in [0.5, 0.6) is 0 Å². The summed E-state index contributed by atoms with van der Waals surface area (Å²) in [4.78, 5) is 22.9. The van der Waals surface area contributed by atoms with Gasteiger partial charge in [0.2, 0.25) is 5.91 Å². The van der Waals surface area contributed by atoms with E-state index in [2.05, 4.69) is 5.32 Å². The first-order chi connectivity index (χ1) is 10.5. The number of carboxylic acid groups (broad SMARTS) is 1. The lowest BCUT2D eigenvalue weighted by Gasteiger charge is -2.15. The number of ether oxygens (including phenoxy) is 2.